The van der Waals surface area contributed by atoms with E-state index in [1.54, 1.807) is 7.11 Å². The summed E-state index contributed by atoms with van der Waals surface area (Å²) in [5, 5.41) is 3.44. The molecule has 0 bridgehead atoms. The van der Waals surface area contributed by atoms with Crippen molar-refractivity contribution >= 4 is 0 Å². The molecule has 0 aromatic heterocycles. The van der Waals surface area contributed by atoms with Gasteiger partial charge in [0.1, 0.15) is 0 Å². The summed E-state index contributed by atoms with van der Waals surface area (Å²) in [6, 6.07) is 1.85. The molecular formula is C14H30N2O. The monoisotopic (exact) mass is 242 g/mol. The largest absolute Gasteiger partial charge is 0.383 e. The van der Waals surface area contributed by atoms with Crippen LogP contribution in [0.1, 0.15) is 40.0 Å². The van der Waals surface area contributed by atoms with Gasteiger partial charge in [-0.05, 0) is 46.1 Å². The predicted molar refractivity (Wildman–Crippen MR) is 73.4 cm³/mol. The van der Waals surface area contributed by atoms with Crippen molar-refractivity contribution < 1.29 is 4.74 Å². The molecule has 17 heavy (non-hydrogen) atoms. The third kappa shape index (κ3) is 4.23. The highest BCUT2D eigenvalue weighted by Crippen LogP contribution is 2.36. The number of rotatable bonds is 9. The highest BCUT2D eigenvalue weighted by molar-refractivity contribution is 4.90. The molecule has 0 radical (unpaired) electrons. The first-order valence-corrected chi connectivity index (χ1v) is 7.07. The molecule has 0 saturated heterocycles. The first kappa shape index (κ1) is 14.9. The quantitative estimate of drug-likeness (QED) is 0.670. The van der Waals surface area contributed by atoms with Crippen molar-refractivity contribution in [3.63, 3.8) is 0 Å². The fraction of sp³-hybridized carbons (Fsp3) is 1.00. The number of nitrogens with one attached hydrogen (secondary N) is 1. The van der Waals surface area contributed by atoms with Gasteiger partial charge < -0.3 is 10.1 Å². The van der Waals surface area contributed by atoms with E-state index in [2.05, 4.69) is 38.0 Å². The Bertz CT molecular complexity index is 202. The maximum absolute atomic E-state index is 5.26. The highest BCUT2D eigenvalue weighted by atomic mass is 16.5. The molecule has 1 fully saturated rings. The Kier molecular flexibility index (Phi) is 6.45. The molecular weight excluding hydrogens is 212 g/mol. The van der Waals surface area contributed by atoms with Crippen molar-refractivity contribution in [2.45, 2.75) is 58.2 Å². The number of nitrogens with zero attached hydrogens (tertiary/aromatic N) is 1. The molecule has 102 valence electrons. The Balaban J connectivity index is 2.58. The van der Waals surface area contributed by atoms with Crippen molar-refractivity contribution in [2.75, 3.05) is 27.3 Å². The van der Waals surface area contributed by atoms with Crippen molar-refractivity contribution in [2.24, 2.45) is 5.92 Å². The molecule has 3 atom stereocenters. The van der Waals surface area contributed by atoms with Crippen LogP contribution >= 0.6 is 0 Å². The minimum Gasteiger partial charge on any atom is -0.383 e. The number of likely N-dealkylation sites (N-methyl/N-ethyl adjacent to an activating group) is 1. The lowest BCUT2D eigenvalue weighted by atomic mass is 10.0. The summed E-state index contributed by atoms with van der Waals surface area (Å²) in [5.41, 5.74) is 0. The summed E-state index contributed by atoms with van der Waals surface area (Å²) < 4.78 is 5.26. The Morgan fingerprint density at radius 3 is 2.41 bits per heavy atom. The van der Waals surface area contributed by atoms with Crippen LogP contribution in [0.5, 0.6) is 0 Å². The van der Waals surface area contributed by atoms with E-state index in [1.807, 2.05) is 0 Å². The van der Waals surface area contributed by atoms with Crippen molar-refractivity contribution in [1.82, 2.24) is 10.2 Å². The second-order valence-corrected chi connectivity index (χ2v) is 5.35. The molecule has 3 heteroatoms. The van der Waals surface area contributed by atoms with E-state index in [0.717, 1.165) is 19.1 Å². The number of ether oxygens (including phenoxy) is 1. The van der Waals surface area contributed by atoms with Gasteiger partial charge in [0.25, 0.3) is 0 Å². The molecule has 3 unspecified atom stereocenters. The number of methoxy groups -OCH3 is 1. The average molecular weight is 242 g/mol. The summed E-state index contributed by atoms with van der Waals surface area (Å²) in [6.07, 6.45) is 4.00. The van der Waals surface area contributed by atoms with Gasteiger partial charge in [0, 0.05) is 31.8 Å². The van der Waals surface area contributed by atoms with Crippen LogP contribution in [-0.2, 0) is 4.74 Å². The zero-order chi connectivity index (χ0) is 12.8. The zero-order valence-electron chi connectivity index (χ0n) is 12.2. The lowest BCUT2D eigenvalue weighted by Crippen LogP contribution is -2.52. The number of hydrogen-bond donors (Lipinski definition) is 1. The highest BCUT2D eigenvalue weighted by Gasteiger charge is 2.35. The van der Waals surface area contributed by atoms with Crippen LogP contribution in [0.4, 0.5) is 0 Å². The van der Waals surface area contributed by atoms with E-state index >= 15 is 0 Å². The van der Waals surface area contributed by atoms with Crippen LogP contribution in [0.2, 0.25) is 0 Å². The van der Waals surface area contributed by atoms with Gasteiger partial charge >= 0.3 is 0 Å². The standard InChI is InChI=1S/C14H30N2O/c1-6-14(15-4)12(3)16(9-10-17-5)11(2)13-7-8-13/h11-15H,6-10H2,1-5H3. The summed E-state index contributed by atoms with van der Waals surface area (Å²) in [5.74, 6) is 0.920. The number of hydrogen-bond acceptors (Lipinski definition) is 3. The Morgan fingerprint density at radius 2 is 2.00 bits per heavy atom. The van der Waals surface area contributed by atoms with Crippen LogP contribution in [0, 0.1) is 5.92 Å². The maximum Gasteiger partial charge on any atom is 0.0589 e. The molecule has 0 aromatic carbocycles. The van der Waals surface area contributed by atoms with Gasteiger partial charge in [-0.25, -0.2) is 0 Å². The van der Waals surface area contributed by atoms with E-state index in [1.165, 1.54) is 19.3 Å². The molecule has 1 aliphatic rings. The molecule has 1 aliphatic carbocycles. The van der Waals surface area contributed by atoms with E-state index < -0.39 is 0 Å². The lowest BCUT2D eigenvalue weighted by Gasteiger charge is -2.38. The van der Waals surface area contributed by atoms with E-state index in [4.69, 9.17) is 4.74 Å². The summed E-state index contributed by atoms with van der Waals surface area (Å²) in [7, 11) is 3.86. The van der Waals surface area contributed by atoms with Crippen molar-refractivity contribution in [1.29, 1.82) is 0 Å². The smallest absolute Gasteiger partial charge is 0.0589 e. The average Bonchev–Trinajstić information content (AvgIpc) is 3.14. The van der Waals surface area contributed by atoms with Gasteiger partial charge in [-0.2, -0.15) is 0 Å². The normalized spacial score (nSPS) is 21.5. The van der Waals surface area contributed by atoms with Crippen LogP contribution in [0.3, 0.4) is 0 Å². The fourth-order valence-corrected chi connectivity index (χ4v) is 2.84. The molecule has 1 N–H and O–H groups in total. The van der Waals surface area contributed by atoms with Crippen LogP contribution in [0.25, 0.3) is 0 Å². The lowest BCUT2D eigenvalue weighted by molar-refractivity contribution is 0.0718. The second-order valence-electron chi connectivity index (χ2n) is 5.35. The molecule has 0 heterocycles. The topological polar surface area (TPSA) is 24.5 Å². The minimum absolute atomic E-state index is 0.577. The predicted octanol–water partition coefficient (Wildman–Crippen LogP) is 2.12. The molecule has 0 aromatic rings. The summed E-state index contributed by atoms with van der Waals surface area (Å²) in [6.45, 7) is 8.87. The van der Waals surface area contributed by atoms with Crippen LogP contribution in [-0.4, -0.2) is 50.3 Å². The van der Waals surface area contributed by atoms with Gasteiger partial charge in [-0.15, -0.1) is 0 Å². The molecule has 0 aliphatic heterocycles. The van der Waals surface area contributed by atoms with Crippen molar-refractivity contribution in [3.8, 4) is 0 Å². The van der Waals surface area contributed by atoms with Gasteiger partial charge in [-0.1, -0.05) is 6.92 Å². The zero-order valence-corrected chi connectivity index (χ0v) is 12.2. The maximum atomic E-state index is 5.26. The molecule has 0 spiro atoms. The first-order chi connectivity index (χ1) is 8.15. The van der Waals surface area contributed by atoms with Gasteiger partial charge in [-0.3, -0.25) is 4.90 Å². The molecule has 1 saturated carbocycles. The fourth-order valence-electron chi connectivity index (χ4n) is 2.84. The van der Waals surface area contributed by atoms with E-state index in [-0.39, 0.29) is 0 Å². The first-order valence-electron chi connectivity index (χ1n) is 7.07. The molecule has 1 rings (SSSR count). The summed E-state index contributed by atoms with van der Waals surface area (Å²) >= 11 is 0. The SMILES string of the molecule is CCC(NC)C(C)N(CCOC)C(C)C1CC1. The van der Waals surface area contributed by atoms with Crippen LogP contribution in [0.15, 0.2) is 0 Å². The Morgan fingerprint density at radius 1 is 1.35 bits per heavy atom. The second kappa shape index (κ2) is 7.34. The Labute approximate surface area is 107 Å². The molecule has 3 nitrogen and oxygen atoms in total. The van der Waals surface area contributed by atoms with Gasteiger partial charge in [0.05, 0.1) is 6.61 Å². The third-order valence-electron chi connectivity index (χ3n) is 4.30. The van der Waals surface area contributed by atoms with Gasteiger partial charge in [0.2, 0.25) is 0 Å². The minimum atomic E-state index is 0.577. The van der Waals surface area contributed by atoms with Crippen molar-refractivity contribution in [3.05, 3.63) is 0 Å². The van der Waals surface area contributed by atoms with E-state index in [9.17, 15) is 0 Å². The summed E-state index contributed by atoms with van der Waals surface area (Å²) in [4.78, 5) is 2.63. The van der Waals surface area contributed by atoms with Gasteiger partial charge in [0.15, 0.2) is 0 Å². The molecule has 0 amide bonds. The van der Waals surface area contributed by atoms with Crippen LogP contribution < -0.4 is 5.32 Å². The Hall–Kier alpha value is -0.120. The van der Waals surface area contributed by atoms with E-state index in [0.29, 0.717) is 18.1 Å². The third-order valence-corrected chi connectivity index (χ3v) is 4.30.